The highest BCUT2D eigenvalue weighted by Gasteiger charge is 2.17. The van der Waals surface area contributed by atoms with Crippen molar-refractivity contribution >= 4 is 27.5 Å². The maximum absolute atomic E-state index is 12.1. The fourth-order valence-corrected chi connectivity index (χ4v) is 4.05. The molecule has 1 rings (SSSR count). The summed E-state index contributed by atoms with van der Waals surface area (Å²) in [5, 5.41) is 0. The summed E-state index contributed by atoms with van der Waals surface area (Å²) in [4.78, 5) is 0.982. The summed E-state index contributed by atoms with van der Waals surface area (Å²) in [5.41, 5.74) is 6.38. The van der Waals surface area contributed by atoms with E-state index in [1.54, 1.807) is 7.05 Å². The van der Waals surface area contributed by atoms with Crippen LogP contribution in [-0.2, 0) is 14.8 Å². The predicted octanol–water partition coefficient (Wildman–Crippen LogP) is 2.05. The van der Waals surface area contributed by atoms with Gasteiger partial charge in [-0.05, 0) is 32.0 Å². The number of nitrogen functional groups attached to an aromatic ring is 1. The monoisotopic (exact) mass is 332 g/mol. The zero-order valence-corrected chi connectivity index (χ0v) is 14.4. The Morgan fingerprint density at radius 2 is 2.10 bits per heavy atom. The zero-order valence-electron chi connectivity index (χ0n) is 12.8. The first kappa shape index (κ1) is 18.3. The van der Waals surface area contributed by atoms with E-state index < -0.39 is 10.0 Å². The molecule has 0 unspecified atom stereocenters. The molecule has 0 aliphatic heterocycles. The molecule has 7 heteroatoms. The van der Waals surface area contributed by atoms with Crippen LogP contribution < -0.4 is 5.73 Å². The molecule has 2 N–H and O–H groups in total. The van der Waals surface area contributed by atoms with Crippen LogP contribution in [0.2, 0.25) is 0 Å². The van der Waals surface area contributed by atoms with Gasteiger partial charge in [0, 0.05) is 29.9 Å². The summed E-state index contributed by atoms with van der Waals surface area (Å²) in [6, 6.07) is 7.44. The summed E-state index contributed by atoms with van der Waals surface area (Å²) in [5.74, 6) is 0.603. The minimum Gasteiger partial charge on any atom is -0.399 e. The predicted molar refractivity (Wildman–Crippen MR) is 89.1 cm³/mol. The van der Waals surface area contributed by atoms with Crippen molar-refractivity contribution in [1.82, 2.24) is 4.31 Å². The van der Waals surface area contributed by atoms with Gasteiger partial charge in [0.25, 0.3) is 0 Å². The van der Waals surface area contributed by atoms with E-state index in [0.29, 0.717) is 24.6 Å². The standard InChI is InChI=1S/C14H24N2O3S2/c1-12(2)19-8-7-16(3)21(17,18)10-9-20-14-6-4-5-13(15)11-14/h4-6,11-12H,7-10,15H2,1-3H3. The van der Waals surface area contributed by atoms with E-state index in [4.69, 9.17) is 10.5 Å². The fourth-order valence-electron chi connectivity index (χ4n) is 1.58. The third-order valence-electron chi connectivity index (χ3n) is 2.80. The Morgan fingerprint density at radius 1 is 1.38 bits per heavy atom. The lowest BCUT2D eigenvalue weighted by atomic mass is 10.3. The van der Waals surface area contributed by atoms with Crippen LogP contribution in [0, 0.1) is 0 Å². The Bertz CT molecular complexity index is 533. The number of hydrogen-bond acceptors (Lipinski definition) is 5. The number of likely N-dealkylation sites (N-methyl/N-ethyl adjacent to an activating group) is 1. The molecule has 0 saturated heterocycles. The van der Waals surface area contributed by atoms with Crippen LogP contribution >= 0.6 is 11.8 Å². The van der Waals surface area contributed by atoms with Gasteiger partial charge >= 0.3 is 0 Å². The van der Waals surface area contributed by atoms with E-state index in [0.717, 1.165) is 4.90 Å². The SMILES string of the molecule is CC(C)OCCN(C)S(=O)(=O)CCSc1cccc(N)c1. The van der Waals surface area contributed by atoms with Gasteiger partial charge in [-0.25, -0.2) is 12.7 Å². The van der Waals surface area contributed by atoms with Crippen LogP contribution in [0.3, 0.4) is 0 Å². The first-order valence-electron chi connectivity index (χ1n) is 6.85. The van der Waals surface area contributed by atoms with Crippen LogP contribution in [-0.4, -0.2) is 50.5 Å². The highest BCUT2D eigenvalue weighted by molar-refractivity contribution is 8.00. The van der Waals surface area contributed by atoms with Crippen LogP contribution in [0.25, 0.3) is 0 Å². The van der Waals surface area contributed by atoms with Crippen molar-refractivity contribution in [2.24, 2.45) is 0 Å². The maximum atomic E-state index is 12.1. The van der Waals surface area contributed by atoms with Gasteiger partial charge in [-0.2, -0.15) is 0 Å². The van der Waals surface area contributed by atoms with Crippen LogP contribution in [0.15, 0.2) is 29.2 Å². The van der Waals surface area contributed by atoms with Crippen LogP contribution in [0.5, 0.6) is 0 Å². The number of anilines is 1. The van der Waals surface area contributed by atoms with Gasteiger partial charge < -0.3 is 10.5 Å². The smallest absolute Gasteiger partial charge is 0.214 e. The molecule has 0 fully saturated rings. The van der Waals surface area contributed by atoms with Crippen LogP contribution in [0.4, 0.5) is 5.69 Å². The molecule has 21 heavy (non-hydrogen) atoms. The highest BCUT2D eigenvalue weighted by atomic mass is 32.2. The average Bonchev–Trinajstić information content (AvgIpc) is 2.38. The molecule has 0 amide bonds. The number of rotatable bonds is 9. The molecule has 0 aliphatic rings. The number of sulfonamides is 1. The normalized spacial score (nSPS) is 12.2. The lowest BCUT2D eigenvalue weighted by molar-refractivity contribution is 0.0737. The molecule has 1 aromatic rings. The third-order valence-corrected chi connectivity index (χ3v) is 5.91. The number of nitrogens with zero attached hydrogens (tertiary/aromatic N) is 1. The molecule has 120 valence electrons. The van der Waals surface area contributed by atoms with Crippen molar-refractivity contribution < 1.29 is 13.2 Å². The first-order valence-corrected chi connectivity index (χ1v) is 9.44. The van der Waals surface area contributed by atoms with Gasteiger partial charge in [0.2, 0.25) is 10.0 Å². The molecule has 0 heterocycles. The fraction of sp³-hybridized carbons (Fsp3) is 0.571. The van der Waals surface area contributed by atoms with E-state index in [-0.39, 0.29) is 11.9 Å². The average molecular weight is 332 g/mol. The number of benzene rings is 1. The molecular formula is C14H24N2O3S2. The van der Waals surface area contributed by atoms with Crippen molar-refractivity contribution in [3.63, 3.8) is 0 Å². The second kappa shape index (κ2) is 8.63. The Labute approximate surface area is 131 Å². The van der Waals surface area contributed by atoms with E-state index in [1.807, 2.05) is 38.1 Å². The maximum Gasteiger partial charge on any atom is 0.214 e. The van der Waals surface area contributed by atoms with E-state index >= 15 is 0 Å². The second-order valence-electron chi connectivity index (χ2n) is 4.98. The minimum atomic E-state index is -3.24. The first-order chi connectivity index (χ1) is 9.81. The topological polar surface area (TPSA) is 72.6 Å². The van der Waals surface area contributed by atoms with Gasteiger partial charge in [0.1, 0.15) is 0 Å². The third kappa shape index (κ3) is 7.17. The molecular weight excluding hydrogens is 308 g/mol. The number of thioether (sulfide) groups is 1. The zero-order chi connectivity index (χ0) is 15.9. The molecule has 5 nitrogen and oxygen atoms in total. The van der Waals surface area contributed by atoms with Gasteiger partial charge in [0.15, 0.2) is 0 Å². The molecule has 1 aromatic carbocycles. The molecule has 0 spiro atoms. The molecule has 0 radical (unpaired) electrons. The van der Waals surface area contributed by atoms with Gasteiger partial charge in [-0.15, -0.1) is 11.8 Å². The summed E-state index contributed by atoms with van der Waals surface area (Å²) >= 11 is 1.49. The van der Waals surface area contributed by atoms with Gasteiger partial charge in [0.05, 0.1) is 18.5 Å². The molecule has 0 saturated carbocycles. The van der Waals surface area contributed by atoms with Crippen molar-refractivity contribution in [3.8, 4) is 0 Å². The largest absolute Gasteiger partial charge is 0.399 e. The molecule has 0 bridgehead atoms. The quantitative estimate of drug-likeness (QED) is 0.553. The molecule has 0 aliphatic carbocycles. The Hall–Kier alpha value is -0.760. The summed E-state index contributed by atoms with van der Waals surface area (Å²) < 4.78 is 30.9. The van der Waals surface area contributed by atoms with Crippen LogP contribution in [0.1, 0.15) is 13.8 Å². The van der Waals surface area contributed by atoms with E-state index in [1.165, 1.54) is 16.1 Å². The Kier molecular flexibility index (Phi) is 7.51. The minimum absolute atomic E-state index is 0.102. The lowest BCUT2D eigenvalue weighted by Gasteiger charge is -2.17. The summed E-state index contributed by atoms with van der Waals surface area (Å²) in [6.07, 6.45) is 0.111. The van der Waals surface area contributed by atoms with E-state index in [2.05, 4.69) is 0 Å². The lowest BCUT2D eigenvalue weighted by Crippen LogP contribution is -2.33. The summed E-state index contributed by atoms with van der Waals surface area (Å²) in [6.45, 7) is 4.65. The van der Waals surface area contributed by atoms with Crippen molar-refractivity contribution in [1.29, 1.82) is 0 Å². The van der Waals surface area contributed by atoms with E-state index in [9.17, 15) is 8.42 Å². The van der Waals surface area contributed by atoms with Crippen molar-refractivity contribution in [2.45, 2.75) is 24.8 Å². The van der Waals surface area contributed by atoms with Gasteiger partial charge in [-0.3, -0.25) is 0 Å². The highest BCUT2D eigenvalue weighted by Crippen LogP contribution is 2.20. The Morgan fingerprint density at radius 3 is 2.71 bits per heavy atom. The summed E-state index contributed by atoms with van der Waals surface area (Å²) in [7, 11) is -1.65. The Balaban J connectivity index is 2.38. The second-order valence-corrected chi connectivity index (χ2v) is 8.34. The van der Waals surface area contributed by atoms with Crippen molar-refractivity contribution in [3.05, 3.63) is 24.3 Å². The van der Waals surface area contributed by atoms with Crippen molar-refractivity contribution in [2.75, 3.05) is 37.4 Å². The number of ether oxygens (including phenoxy) is 1. The molecule has 0 aromatic heterocycles. The number of nitrogens with two attached hydrogens (primary N) is 1. The van der Waals surface area contributed by atoms with Gasteiger partial charge in [-0.1, -0.05) is 6.07 Å². The molecule has 0 atom stereocenters. The number of hydrogen-bond donors (Lipinski definition) is 1.